The van der Waals surface area contributed by atoms with E-state index in [0.717, 1.165) is 4.57 Å². The van der Waals surface area contributed by atoms with Crippen LogP contribution in [0.1, 0.15) is 28.8 Å². The summed E-state index contributed by atoms with van der Waals surface area (Å²) < 4.78 is 45.4. The smallest absolute Gasteiger partial charge is 0.808 e. The molecule has 2 unspecified atom stereocenters. The number of hydrogen-bond donors (Lipinski definition) is 3. The maximum atomic E-state index is 13.1. The van der Waals surface area contributed by atoms with E-state index >= 15 is 0 Å². The molecular weight excluding hydrogens is 942 g/mol. The number of hydrogen-bond acceptors (Lipinski definition) is 14. The first-order valence-electron chi connectivity index (χ1n) is 12.6. The summed E-state index contributed by atoms with van der Waals surface area (Å²) in [6.07, 6.45) is -6.25. The molecule has 0 radical (unpaired) electrons. The Kier molecular flexibility index (Phi) is 23.4. The fourth-order valence-corrected chi connectivity index (χ4v) is 9.37. The molecule has 3 aromatic rings. The monoisotopic (exact) mass is 956 g/mol. The fourth-order valence-electron chi connectivity index (χ4n) is 4.45. The predicted molar refractivity (Wildman–Crippen MR) is 170 cm³/mol. The van der Waals surface area contributed by atoms with Gasteiger partial charge in [-0.3, -0.25) is 18.4 Å². The van der Waals surface area contributed by atoms with E-state index in [2.05, 4.69) is 13.8 Å². The van der Waals surface area contributed by atoms with Crippen LogP contribution in [0.3, 0.4) is 0 Å². The molecule has 0 saturated carbocycles. The summed E-state index contributed by atoms with van der Waals surface area (Å²) in [5.41, 5.74) is 0.289. The van der Waals surface area contributed by atoms with Gasteiger partial charge in [0.05, 0.1) is 26.7 Å². The van der Waals surface area contributed by atoms with Crippen molar-refractivity contribution in [3.63, 3.8) is 0 Å². The maximum absolute atomic E-state index is 13.1. The summed E-state index contributed by atoms with van der Waals surface area (Å²) in [6, 6.07) is 9.35. The summed E-state index contributed by atoms with van der Waals surface area (Å²) in [7, 11) is -18.9. The van der Waals surface area contributed by atoms with Crippen LogP contribution in [-0.2, 0) is 27.3 Å². The molecule has 52 heavy (non-hydrogen) atoms. The van der Waals surface area contributed by atoms with Gasteiger partial charge in [-0.1, -0.05) is 94.0 Å². The first kappa shape index (κ1) is 55.6. The number of benzene rings is 2. The van der Waals surface area contributed by atoms with Crippen molar-refractivity contribution in [2.45, 2.75) is 34.3 Å². The van der Waals surface area contributed by atoms with Gasteiger partial charge in [0.15, 0.2) is 13.8 Å². The second-order valence-corrected chi connectivity index (χ2v) is 19.8. The molecule has 1 aromatic heterocycles. The number of aromatic amines is 1. The third-order valence-electron chi connectivity index (χ3n) is 6.74. The number of H-pyrrole nitrogens is 1. The predicted octanol–water partition coefficient (Wildman–Crippen LogP) is -8.61. The van der Waals surface area contributed by atoms with Crippen molar-refractivity contribution < 1.29 is 175 Å². The van der Waals surface area contributed by atoms with Gasteiger partial charge in [0.1, 0.15) is 23.0 Å². The molecule has 2 heterocycles. The molecule has 264 valence electrons. The van der Waals surface area contributed by atoms with Crippen molar-refractivity contribution in [3.8, 4) is 0 Å². The van der Waals surface area contributed by atoms with Crippen LogP contribution >= 0.6 is 105 Å². The normalized spacial score (nSPS) is 21.1. The zero-order chi connectivity index (χ0) is 36.1. The molecule has 6 atom stereocenters. The molecule has 15 nitrogen and oxygen atoms in total. The van der Waals surface area contributed by atoms with Gasteiger partial charge < -0.3 is 48.2 Å². The van der Waals surface area contributed by atoms with Crippen molar-refractivity contribution in [2.24, 2.45) is 0 Å². The Hall–Kier alpha value is 3.61. The van der Waals surface area contributed by atoms with E-state index in [1.807, 2.05) is 0 Å². The molecule has 1 fully saturated rings. The van der Waals surface area contributed by atoms with E-state index < -0.39 is 69.6 Å². The van der Waals surface area contributed by atoms with Gasteiger partial charge in [-0.2, -0.15) is 0 Å². The van der Waals surface area contributed by atoms with E-state index in [9.17, 15) is 48.3 Å². The van der Waals surface area contributed by atoms with Gasteiger partial charge in [0.2, 0.25) is 3.82 Å². The number of aliphatic hydroxyl groups excluding tert-OH is 2. The number of nitrogens with one attached hydrogen (secondary N) is 1. The molecule has 29 heteroatoms. The first-order valence-corrected chi connectivity index (χ1v) is 19.8. The molecule has 0 aliphatic carbocycles. The van der Waals surface area contributed by atoms with Crippen LogP contribution in [0.15, 0.2) is 47.4 Å². The molecule has 1 saturated heterocycles. The molecule has 0 spiro atoms. The Morgan fingerprint density at radius 2 is 1.37 bits per heavy atom. The van der Waals surface area contributed by atoms with Crippen LogP contribution in [0.5, 0.6) is 0 Å². The van der Waals surface area contributed by atoms with E-state index in [1.165, 1.54) is 30.5 Å². The number of phosphoric acid groups is 1. The van der Waals surface area contributed by atoms with Gasteiger partial charge in [0, 0.05) is 17.7 Å². The van der Waals surface area contributed by atoms with E-state index in [1.54, 1.807) is 12.1 Å². The topological polar surface area (TPSA) is 249 Å². The molecular formula is C23H17Cl6N2Na4O13P3S. The van der Waals surface area contributed by atoms with E-state index in [4.69, 9.17) is 86.6 Å². The van der Waals surface area contributed by atoms with Gasteiger partial charge >= 0.3 is 124 Å². The minimum atomic E-state index is -6.43. The van der Waals surface area contributed by atoms with Crippen molar-refractivity contribution in [2.75, 3.05) is 6.61 Å². The van der Waals surface area contributed by atoms with Crippen LogP contribution in [0, 0.1) is 4.64 Å². The van der Waals surface area contributed by atoms with Gasteiger partial charge in [-0.25, -0.2) is 4.79 Å². The van der Waals surface area contributed by atoms with Crippen LogP contribution in [0.4, 0.5) is 0 Å². The quantitative estimate of drug-likeness (QED) is 0.0700. The standard InChI is InChI=1S/C23H21Cl6N2O13P3S.4Na/c24-12-3-1-9(5-14(12)26)17(10-2-4-13(25)15(27)6-10)11-7-31(22(34)30-20(11)48)21-19(33)18(32)16(43-21)8-42-47(40,41)44-46(38,39)23(28,29)45(35,36)37;;;;/h1-7,16-19,21,32-33H,8H2,(H,38,39)(H,40,41)(H,30,34,48)(H2,35,36,37);;;;/q;4*+1/p-4/t16-,18-,19-,21-;;;;/m1..../s1. The number of halogens is 6. The Labute approximate surface area is 418 Å². The first-order chi connectivity index (χ1) is 22.0. The minimum absolute atomic E-state index is 0. The molecule has 0 bridgehead atoms. The van der Waals surface area contributed by atoms with Crippen molar-refractivity contribution in [1.29, 1.82) is 0 Å². The summed E-state index contributed by atoms with van der Waals surface area (Å²) in [6.45, 7) is -1.26. The van der Waals surface area contributed by atoms with Gasteiger partial charge in [-0.05, 0) is 43.0 Å². The molecule has 1 aliphatic rings. The average molecular weight is 959 g/mol. The van der Waals surface area contributed by atoms with Crippen molar-refractivity contribution >= 4 is 105 Å². The van der Waals surface area contributed by atoms with Crippen molar-refractivity contribution in [3.05, 3.63) is 94.5 Å². The van der Waals surface area contributed by atoms with E-state index in [0.29, 0.717) is 11.1 Å². The molecule has 0 amide bonds. The zero-order valence-corrected chi connectivity index (χ0v) is 43.0. The second-order valence-electron chi connectivity index (χ2n) is 9.91. The number of ether oxygens (including phenoxy) is 1. The Morgan fingerprint density at radius 3 is 1.81 bits per heavy atom. The number of aliphatic hydroxyl groups is 2. The summed E-state index contributed by atoms with van der Waals surface area (Å²) in [5.74, 6) is -0.812. The summed E-state index contributed by atoms with van der Waals surface area (Å²) in [4.78, 5) is 61.9. The molecule has 4 rings (SSSR count). The molecule has 3 N–H and O–H groups in total. The fraction of sp³-hybridized carbons (Fsp3) is 0.304. The number of alkyl halides is 2. The van der Waals surface area contributed by atoms with Gasteiger partial charge in [0.25, 0.3) is 7.82 Å². The SMILES string of the molecule is O=c1[nH]c(=S)c(C(c2ccc(Cl)c(Cl)c2)c2ccc(Cl)c(Cl)c2)cn1[C@@H]1O[C@H](COP(=O)([O-])OP(=O)([O-])C(Cl)(Cl)P(=O)([O-])[O-])[C@@H](O)[C@H]1O.[Na+].[Na+].[Na+].[Na+]. The molecule has 1 aliphatic heterocycles. The van der Waals surface area contributed by atoms with Crippen LogP contribution in [-0.4, -0.2) is 48.5 Å². The minimum Gasteiger partial charge on any atom is -0.808 e. The number of rotatable bonds is 11. The third kappa shape index (κ3) is 12.8. The van der Waals surface area contributed by atoms with Crippen LogP contribution < -0.4 is 143 Å². The zero-order valence-electron chi connectivity index (χ0n) is 27.0. The van der Waals surface area contributed by atoms with Crippen LogP contribution in [0.2, 0.25) is 20.1 Å². The third-order valence-corrected chi connectivity index (χ3v) is 15.9. The van der Waals surface area contributed by atoms with Gasteiger partial charge in [-0.15, -0.1) is 0 Å². The number of nitrogens with zero attached hydrogens (tertiary/aromatic N) is 1. The average Bonchev–Trinajstić information content (AvgIpc) is 3.24. The summed E-state index contributed by atoms with van der Waals surface area (Å²) >= 11 is 40.3. The van der Waals surface area contributed by atoms with Crippen molar-refractivity contribution in [1.82, 2.24) is 9.55 Å². The number of phosphoric ester groups is 1. The Balaban J connectivity index is 0.00000650. The largest absolute Gasteiger partial charge is 1.00 e. The Morgan fingerprint density at radius 1 is 0.885 bits per heavy atom. The maximum Gasteiger partial charge on any atom is 1.00 e. The molecule has 2 aromatic carbocycles. The van der Waals surface area contributed by atoms with Crippen LogP contribution in [0.25, 0.3) is 0 Å². The number of aromatic nitrogens is 2. The van der Waals surface area contributed by atoms with E-state index in [-0.39, 0.29) is 149 Å². The second kappa shape index (κ2) is 21.9. The Bertz CT molecular complexity index is 1960. The summed E-state index contributed by atoms with van der Waals surface area (Å²) in [5, 5.41) is 22.2.